The van der Waals surface area contributed by atoms with Gasteiger partial charge in [-0.25, -0.2) is 8.42 Å². The molecule has 3 aliphatic rings. The summed E-state index contributed by atoms with van der Waals surface area (Å²) in [4.78, 5) is 0. The zero-order valence-corrected chi connectivity index (χ0v) is 10.3. The first-order valence-corrected chi connectivity index (χ1v) is 8.00. The van der Waals surface area contributed by atoms with E-state index in [0.29, 0.717) is 18.8 Å². The number of hydrogen-bond acceptors (Lipinski definition) is 4. The van der Waals surface area contributed by atoms with Crippen LogP contribution >= 0.6 is 0 Å². The number of ether oxygens (including phenoxy) is 1. The van der Waals surface area contributed by atoms with Crippen LogP contribution < -0.4 is 5.32 Å². The van der Waals surface area contributed by atoms with E-state index in [1.54, 1.807) is 0 Å². The third-order valence-corrected chi connectivity index (χ3v) is 5.84. The van der Waals surface area contributed by atoms with Crippen molar-refractivity contribution in [1.82, 2.24) is 5.32 Å². The Balaban J connectivity index is 1.78. The molecule has 5 heteroatoms. The SMILES string of the molecule is O=S1(=O)CCC2(C1)OCCNC2CC1CC1. The molecule has 3 rings (SSSR count). The number of nitrogens with one attached hydrogen (secondary N) is 1. The Bertz CT molecular complexity index is 377. The number of sulfone groups is 1. The molecule has 1 spiro atoms. The van der Waals surface area contributed by atoms with Gasteiger partial charge in [0.15, 0.2) is 9.84 Å². The Labute approximate surface area is 96.7 Å². The summed E-state index contributed by atoms with van der Waals surface area (Å²) in [5.74, 6) is 1.33. The average Bonchev–Trinajstić information content (AvgIpc) is 2.98. The fourth-order valence-electron chi connectivity index (χ4n) is 2.99. The fraction of sp³-hybridized carbons (Fsp3) is 1.00. The van der Waals surface area contributed by atoms with Gasteiger partial charge in [-0.1, -0.05) is 12.8 Å². The maximum Gasteiger partial charge on any atom is 0.153 e. The molecular weight excluding hydrogens is 226 g/mol. The van der Waals surface area contributed by atoms with Gasteiger partial charge in [0, 0.05) is 12.6 Å². The van der Waals surface area contributed by atoms with Crippen molar-refractivity contribution in [3.8, 4) is 0 Å². The van der Waals surface area contributed by atoms with Crippen molar-refractivity contribution in [3.05, 3.63) is 0 Å². The minimum absolute atomic E-state index is 0.227. The number of rotatable bonds is 2. The molecule has 2 atom stereocenters. The molecule has 0 amide bonds. The first-order chi connectivity index (χ1) is 7.60. The summed E-state index contributed by atoms with van der Waals surface area (Å²) in [6, 6.07) is 0.256. The molecule has 0 bridgehead atoms. The molecule has 2 unspecified atom stereocenters. The van der Waals surface area contributed by atoms with E-state index in [9.17, 15) is 8.42 Å². The van der Waals surface area contributed by atoms with Crippen molar-refractivity contribution in [2.45, 2.75) is 37.3 Å². The van der Waals surface area contributed by atoms with E-state index in [0.717, 1.165) is 18.9 Å². The molecule has 2 aliphatic heterocycles. The lowest BCUT2D eigenvalue weighted by molar-refractivity contribution is -0.0815. The Hall–Kier alpha value is -0.130. The number of morpholine rings is 1. The highest BCUT2D eigenvalue weighted by atomic mass is 32.2. The molecule has 1 aliphatic carbocycles. The van der Waals surface area contributed by atoms with E-state index >= 15 is 0 Å². The summed E-state index contributed by atoms with van der Waals surface area (Å²) in [7, 11) is -2.87. The normalized spacial score (nSPS) is 42.6. The molecule has 0 radical (unpaired) electrons. The van der Waals surface area contributed by atoms with Crippen LogP contribution in [0.1, 0.15) is 25.7 Å². The van der Waals surface area contributed by atoms with Gasteiger partial charge in [-0.05, 0) is 18.8 Å². The summed E-state index contributed by atoms with van der Waals surface area (Å²) in [6.07, 6.45) is 4.39. The zero-order chi connectivity index (χ0) is 11.2. The van der Waals surface area contributed by atoms with Crippen molar-refractivity contribution < 1.29 is 13.2 Å². The van der Waals surface area contributed by atoms with Crippen LogP contribution in [-0.2, 0) is 14.6 Å². The zero-order valence-electron chi connectivity index (χ0n) is 9.44. The second-order valence-corrected chi connectivity index (χ2v) is 7.63. The quantitative estimate of drug-likeness (QED) is 0.762. The molecular formula is C11H19NO3S. The third kappa shape index (κ3) is 2.00. The largest absolute Gasteiger partial charge is 0.371 e. The van der Waals surface area contributed by atoms with E-state index < -0.39 is 15.4 Å². The van der Waals surface area contributed by atoms with Crippen LogP contribution in [0.25, 0.3) is 0 Å². The molecule has 16 heavy (non-hydrogen) atoms. The molecule has 92 valence electrons. The van der Waals surface area contributed by atoms with Gasteiger partial charge >= 0.3 is 0 Å². The van der Waals surface area contributed by atoms with Crippen LogP contribution in [0.4, 0.5) is 0 Å². The Morgan fingerprint density at radius 2 is 2.19 bits per heavy atom. The second kappa shape index (κ2) is 3.68. The van der Waals surface area contributed by atoms with Gasteiger partial charge < -0.3 is 10.1 Å². The monoisotopic (exact) mass is 245 g/mol. The molecule has 1 saturated carbocycles. The molecule has 0 aromatic rings. The maximum absolute atomic E-state index is 11.6. The van der Waals surface area contributed by atoms with Crippen LogP contribution in [-0.4, -0.2) is 44.7 Å². The van der Waals surface area contributed by atoms with Gasteiger partial charge in [-0.15, -0.1) is 0 Å². The highest BCUT2D eigenvalue weighted by Gasteiger charge is 2.51. The lowest BCUT2D eigenvalue weighted by atomic mass is 9.88. The highest BCUT2D eigenvalue weighted by molar-refractivity contribution is 7.91. The first kappa shape index (κ1) is 11.0. The fourth-order valence-corrected chi connectivity index (χ4v) is 4.97. The van der Waals surface area contributed by atoms with Crippen molar-refractivity contribution in [1.29, 1.82) is 0 Å². The van der Waals surface area contributed by atoms with Gasteiger partial charge in [0.2, 0.25) is 0 Å². The predicted molar refractivity (Wildman–Crippen MR) is 61.1 cm³/mol. The molecule has 1 N–H and O–H groups in total. The van der Waals surface area contributed by atoms with E-state index in [1.807, 2.05) is 0 Å². The summed E-state index contributed by atoms with van der Waals surface area (Å²) in [5.41, 5.74) is -0.403. The lowest BCUT2D eigenvalue weighted by Gasteiger charge is -2.41. The predicted octanol–water partition coefficient (Wildman–Crippen LogP) is 0.332. The van der Waals surface area contributed by atoms with E-state index in [-0.39, 0.29) is 11.8 Å². The minimum Gasteiger partial charge on any atom is -0.371 e. The standard InChI is InChI=1S/C11H19NO3S/c13-16(14)6-3-11(8-16)10(7-9-1-2-9)12-4-5-15-11/h9-10,12H,1-8H2. The lowest BCUT2D eigenvalue weighted by Crippen LogP contribution is -2.59. The van der Waals surface area contributed by atoms with Crippen LogP contribution in [0, 0.1) is 5.92 Å². The Morgan fingerprint density at radius 1 is 1.38 bits per heavy atom. The van der Waals surface area contributed by atoms with Crippen LogP contribution in [0.15, 0.2) is 0 Å². The van der Waals surface area contributed by atoms with Crippen LogP contribution in [0.2, 0.25) is 0 Å². The van der Waals surface area contributed by atoms with Crippen molar-refractivity contribution >= 4 is 9.84 Å². The van der Waals surface area contributed by atoms with Gasteiger partial charge in [0.25, 0.3) is 0 Å². The summed E-state index contributed by atoms with van der Waals surface area (Å²) in [6.45, 7) is 1.51. The second-order valence-electron chi connectivity index (χ2n) is 5.44. The minimum atomic E-state index is -2.87. The van der Waals surface area contributed by atoms with Crippen LogP contribution in [0.3, 0.4) is 0 Å². The van der Waals surface area contributed by atoms with Crippen molar-refractivity contribution in [3.63, 3.8) is 0 Å². The highest BCUT2D eigenvalue weighted by Crippen LogP contribution is 2.40. The topological polar surface area (TPSA) is 55.4 Å². The van der Waals surface area contributed by atoms with Gasteiger partial charge in [0.1, 0.15) is 0 Å². The van der Waals surface area contributed by atoms with E-state index in [4.69, 9.17) is 4.74 Å². The molecule has 0 aromatic heterocycles. The summed E-state index contributed by atoms with van der Waals surface area (Å²) in [5, 5.41) is 3.47. The van der Waals surface area contributed by atoms with Crippen molar-refractivity contribution in [2.75, 3.05) is 24.7 Å². The first-order valence-electron chi connectivity index (χ1n) is 6.17. The van der Waals surface area contributed by atoms with Crippen LogP contribution in [0.5, 0.6) is 0 Å². The number of hydrogen-bond donors (Lipinski definition) is 1. The van der Waals surface area contributed by atoms with Gasteiger partial charge in [-0.3, -0.25) is 0 Å². The Kier molecular flexibility index (Phi) is 2.53. The average molecular weight is 245 g/mol. The Morgan fingerprint density at radius 3 is 2.81 bits per heavy atom. The third-order valence-electron chi connectivity index (χ3n) is 4.08. The summed E-state index contributed by atoms with van der Waals surface area (Å²) >= 11 is 0. The maximum atomic E-state index is 11.6. The van der Waals surface area contributed by atoms with Gasteiger partial charge in [0.05, 0.1) is 23.7 Å². The molecule has 3 fully saturated rings. The van der Waals surface area contributed by atoms with Gasteiger partial charge in [-0.2, -0.15) is 0 Å². The molecule has 4 nitrogen and oxygen atoms in total. The summed E-state index contributed by atoms with van der Waals surface area (Å²) < 4.78 is 29.1. The smallest absolute Gasteiger partial charge is 0.153 e. The van der Waals surface area contributed by atoms with E-state index in [2.05, 4.69) is 5.32 Å². The molecule has 0 aromatic carbocycles. The van der Waals surface area contributed by atoms with E-state index in [1.165, 1.54) is 12.8 Å². The molecule has 2 saturated heterocycles. The molecule has 2 heterocycles. The van der Waals surface area contributed by atoms with Crippen molar-refractivity contribution in [2.24, 2.45) is 5.92 Å².